The second-order valence-corrected chi connectivity index (χ2v) is 7.89. The molecule has 0 saturated carbocycles. The van der Waals surface area contributed by atoms with Crippen molar-refractivity contribution in [1.82, 2.24) is 4.90 Å². The van der Waals surface area contributed by atoms with Gasteiger partial charge in [0.05, 0.1) is 12.1 Å². The topological polar surface area (TPSA) is 12.5 Å². The fraction of sp³-hybridized carbons (Fsp3) is 0.429. The van der Waals surface area contributed by atoms with Crippen LogP contribution in [0.4, 0.5) is 0 Å². The lowest BCUT2D eigenvalue weighted by Gasteiger charge is -2.37. The van der Waals surface area contributed by atoms with Crippen LogP contribution in [0.2, 0.25) is 5.02 Å². The van der Waals surface area contributed by atoms with Crippen molar-refractivity contribution in [3.8, 4) is 5.75 Å². The van der Waals surface area contributed by atoms with Crippen LogP contribution in [0.1, 0.15) is 36.0 Å². The van der Waals surface area contributed by atoms with Gasteiger partial charge in [-0.1, -0.05) is 54.9 Å². The van der Waals surface area contributed by atoms with Gasteiger partial charge in [-0.05, 0) is 41.0 Å². The summed E-state index contributed by atoms with van der Waals surface area (Å²) < 4.78 is 5.41. The van der Waals surface area contributed by atoms with Gasteiger partial charge in [0.1, 0.15) is 5.75 Å². The maximum atomic E-state index is 6.59. The molecule has 0 aromatic heterocycles. The largest absolute Gasteiger partial charge is 0.495 e. The van der Waals surface area contributed by atoms with Gasteiger partial charge in [-0.2, -0.15) is 0 Å². The Kier molecular flexibility index (Phi) is 4.06. The number of methoxy groups -OCH3 is 1. The lowest BCUT2D eigenvalue weighted by Crippen LogP contribution is -2.30. The molecule has 126 valence electrons. The van der Waals surface area contributed by atoms with Gasteiger partial charge in [0.25, 0.3) is 0 Å². The van der Waals surface area contributed by atoms with E-state index < -0.39 is 0 Å². The van der Waals surface area contributed by atoms with Gasteiger partial charge in [0, 0.05) is 25.6 Å². The summed E-state index contributed by atoms with van der Waals surface area (Å²) in [6.07, 6.45) is 2.25. The van der Waals surface area contributed by atoms with Crippen LogP contribution in [0.5, 0.6) is 5.75 Å². The molecule has 0 unspecified atom stereocenters. The molecule has 2 aromatic carbocycles. The van der Waals surface area contributed by atoms with Gasteiger partial charge < -0.3 is 4.74 Å². The minimum atomic E-state index is 0.347. The van der Waals surface area contributed by atoms with Gasteiger partial charge in [-0.25, -0.2) is 0 Å². The van der Waals surface area contributed by atoms with Crippen LogP contribution in [0.15, 0.2) is 42.5 Å². The first-order valence-electron chi connectivity index (χ1n) is 8.72. The van der Waals surface area contributed by atoms with Crippen molar-refractivity contribution >= 4 is 11.6 Å². The molecule has 0 N–H and O–H groups in total. The SMILES string of the molecule is COc1ccc2c(c1Cl)CC[C@]1(C)CN(Cc3ccccc3)C[C@H]21. The molecule has 24 heavy (non-hydrogen) atoms. The molecule has 1 aliphatic carbocycles. The maximum Gasteiger partial charge on any atom is 0.137 e. The number of hydrogen-bond donors (Lipinski definition) is 0. The van der Waals surface area contributed by atoms with Crippen LogP contribution in [-0.2, 0) is 13.0 Å². The van der Waals surface area contributed by atoms with E-state index in [9.17, 15) is 0 Å². The predicted octanol–water partition coefficient (Wildman–Crippen LogP) is 4.90. The molecule has 0 spiro atoms. The molecule has 2 aromatic rings. The highest BCUT2D eigenvalue weighted by atomic mass is 35.5. The minimum absolute atomic E-state index is 0.347. The number of rotatable bonds is 3. The third-order valence-electron chi connectivity index (χ3n) is 5.90. The lowest BCUT2D eigenvalue weighted by atomic mass is 9.67. The number of hydrogen-bond acceptors (Lipinski definition) is 2. The van der Waals surface area contributed by atoms with Gasteiger partial charge in [-0.15, -0.1) is 0 Å². The van der Waals surface area contributed by atoms with E-state index >= 15 is 0 Å². The fourth-order valence-electron chi connectivity index (χ4n) is 4.62. The summed E-state index contributed by atoms with van der Waals surface area (Å²) in [6.45, 7) is 5.76. The molecule has 2 nitrogen and oxygen atoms in total. The van der Waals surface area contributed by atoms with E-state index in [1.807, 2.05) is 6.07 Å². The second kappa shape index (κ2) is 6.09. The quantitative estimate of drug-likeness (QED) is 0.787. The van der Waals surface area contributed by atoms with Crippen molar-refractivity contribution in [2.45, 2.75) is 32.2 Å². The molecule has 0 radical (unpaired) electrons. The number of benzene rings is 2. The number of fused-ring (bicyclic) bond motifs is 3. The number of likely N-dealkylation sites (tertiary alicyclic amines) is 1. The van der Waals surface area contributed by atoms with Crippen LogP contribution >= 0.6 is 11.6 Å². The third-order valence-corrected chi connectivity index (χ3v) is 6.32. The van der Waals surface area contributed by atoms with E-state index in [1.54, 1.807) is 7.11 Å². The molecule has 2 aliphatic rings. The molecule has 1 fully saturated rings. The first kappa shape index (κ1) is 16.0. The molecule has 1 saturated heterocycles. The van der Waals surface area contributed by atoms with Crippen LogP contribution < -0.4 is 4.74 Å². The van der Waals surface area contributed by atoms with Gasteiger partial charge in [0.15, 0.2) is 0 Å². The lowest BCUT2D eigenvalue weighted by molar-refractivity contribution is 0.240. The molecule has 3 heteroatoms. The molecular formula is C21H24ClNO. The fourth-order valence-corrected chi connectivity index (χ4v) is 4.96. The van der Waals surface area contributed by atoms with Crippen LogP contribution in [0.3, 0.4) is 0 Å². The normalized spacial score (nSPS) is 26.0. The second-order valence-electron chi connectivity index (χ2n) is 7.51. The Morgan fingerprint density at radius 3 is 2.75 bits per heavy atom. The van der Waals surface area contributed by atoms with Crippen LogP contribution in [0.25, 0.3) is 0 Å². The summed E-state index contributed by atoms with van der Waals surface area (Å²) in [6, 6.07) is 15.1. The maximum absolute atomic E-state index is 6.59. The third kappa shape index (κ3) is 2.62. The van der Waals surface area contributed by atoms with Gasteiger partial charge in [-0.3, -0.25) is 4.90 Å². The first-order valence-corrected chi connectivity index (χ1v) is 9.10. The molecule has 0 amide bonds. The zero-order valence-corrected chi connectivity index (χ0v) is 15.1. The predicted molar refractivity (Wildman–Crippen MR) is 98.9 cm³/mol. The highest BCUT2D eigenvalue weighted by Gasteiger charge is 2.46. The summed E-state index contributed by atoms with van der Waals surface area (Å²) in [5, 5.41) is 0.818. The minimum Gasteiger partial charge on any atom is -0.495 e. The van der Waals surface area contributed by atoms with Crippen molar-refractivity contribution in [3.63, 3.8) is 0 Å². The Labute approximate surface area is 149 Å². The Morgan fingerprint density at radius 1 is 1.21 bits per heavy atom. The zero-order chi connectivity index (χ0) is 16.7. The number of ether oxygens (including phenoxy) is 1. The van der Waals surface area contributed by atoms with E-state index in [-0.39, 0.29) is 0 Å². The van der Waals surface area contributed by atoms with Gasteiger partial charge in [0.2, 0.25) is 0 Å². The van der Waals surface area contributed by atoms with Gasteiger partial charge >= 0.3 is 0 Å². The highest BCUT2D eigenvalue weighted by Crippen LogP contribution is 2.52. The smallest absolute Gasteiger partial charge is 0.137 e. The standard InChI is InChI=1S/C21H24ClNO/c1-21-11-10-17-16(8-9-19(24-2)20(17)22)18(21)13-23(14-21)12-15-6-4-3-5-7-15/h3-9,18H,10-14H2,1-2H3/t18-,21-/m1/s1. The molecule has 1 heterocycles. The van der Waals surface area contributed by atoms with Crippen molar-refractivity contribution in [1.29, 1.82) is 0 Å². The van der Waals surface area contributed by atoms with Crippen molar-refractivity contribution in [2.24, 2.45) is 5.41 Å². The van der Waals surface area contributed by atoms with E-state index in [0.717, 1.165) is 36.8 Å². The van der Waals surface area contributed by atoms with E-state index in [0.29, 0.717) is 11.3 Å². The Morgan fingerprint density at radius 2 is 2.00 bits per heavy atom. The average molecular weight is 342 g/mol. The highest BCUT2D eigenvalue weighted by molar-refractivity contribution is 6.33. The van der Waals surface area contributed by atoms with Crippen LogP contribution in [-0.4, -0.2) is 25.1 Å². The summed E-state index contributed by atoms with van der Waals surface area (Å²) in [4.78, 5) is 2.60. The number of halogens is 1. The molecule has 2 atom stereocenters. The average Bonchev–Trinajstić information content (AvgIpc) is 2.92. The van der Waals surface area contributed by atoms with Crippen molar-refractivity contribution < 1.29 is 4.74 Å². The Balaban J connectivity index is 1.62. The van der Waals surface area contributed by atoms with Crippen LogP contribution in [0, 0.1) is 5.41 Å². The van der Waals surface area contributed by atoms with E-state index in [1.165, 1.54) is 23.1 Å². The summed E-state index contributed by atoms with van der Waals surface area (Å²) in [7, 11) is 1.69. The number of nitrogens with zero attached hydrogens (tertiary/aromatic N) is 1. The first-order chi connectivity index (χ1) is 11.6. The summed E-state index contributed by atoms with van der Waals surface area (Å²) >= 11 is 6.59. The zero-order valence-electron chi connectivity index (χ0n) is 14.4. The van der Waals surface area contributed by atoms with Crippen molar-refractivity contribution in [2.75, 3.05) is 20.2 Å². The summed E-state index contributed by atoms with van der Waals surface area (Å²) in [5.74, 6) is 1.37. The Bertz CT molecular complexity index is 745. The molecular weight excluding hydrogens is 318 g/mol. The van der Waals surface area contributed by atoms with E-state index in [2.05, 4.69) is 48.2 Å². The molecule has 0 bridgehead atoms. The van der Waals surface area contributed by atoms with Crippen molar-refractivity contribution in [3.05, 3.63) is 64.2 Å². The molecule has 4 rings (SSSR count). The summed E-state index contributed by atoms with van der Waals surface area (Å²) in [5.41, 5.74) is 4.48. The monoisotopic (exact) mass is 341 g/mol. The Hall–Kier alpha value is -1.51. The van der Waals surface area contributed by atoms with E-state index in [4.69, 9.17) is 16.3 Å². The molecule has 1 aliphatic heterocycles.